The highest BCUT2D eigenvalue weighted by molar-refractivity contribution is 6.33. The van der Waals surface area contributed by atoms with Crippen LogP contribution in [0.4, 0.5) is 11.4 Å². The molecule has 0 unspecified atom stereocenters. The number of halogens is 1. The number of benzene rings is 1. The number of nitro groups is 1. The molecule has 98 valence electrons. The zero-order chi connectivity index (χ0) is 13.3. The third-order valence-corrected chi connectivity index (χ3v) is 4.18. The van der Waals surface area contributed by atoms with Crippen molar-refractivity contribution < 1.29 is 4.92 Å². The van der Waals surface area contributed by atoms with Crippen molar-refractivity contribution in [3.05, 3.63) is 32.8 Å². The summed E-state index contributed by atoms with van der Waals surface area (Å²) in [6, 6.07) is 3.21. The number of nitrogens with zero attached hydrogens (tertiary/aromatic N) is 1. The van der Waals surface area contributed by atoms with Gasteiger partial charge in [-0.05, 0) is 44.2 Å². The maximum Gasteiger partial charge on any atom is 0.288 e. The van der Waals surface area contributed by atoms with Gasteiger partial charge in [0.2, 0.25) is 0 Å². The van der Waals surface area contributed by atoms with Gasteiger partial charge in [0.1, 0.15) is 5.02 Å². The van der Waals surface area contributed by atoms with Gasteiger partial charge < -0.3 is 5.32 Å². The fraction of sp³-hybridized carbons (Fsp3) is 0.538. The SMILES string of the molecule is CCC1(Nc2cc(Cl)c([N+](=O)[O-])cc2C)CCC1. The van der Waals surface area contributed by atoms with E-state index in [9.17, 15) is 10.1 Å². The van der Waals surface area contributed by atoms with Crippen molar-refractivity contribution in [1.82, 2.24) is 0 Å². The molecule has 1 aromatic rings. The largest absolute Gasteiger partial charge is 0.379 e. The molecule has 18 heavy (non-hydrogen) atoms. The molecule has 1 fully saturated rings. The summed E-state index contributed by atoms with van der Waals surface area (Å²) in [5.41, 5.74) is 1.90. The Morgan fingerprint density at radius 3 is 2.61 bits per heavy atom. The Morgan fingerprint density at radius 2 is 2.17 bits per heavy atom. The van der Waals surface area contributed by atoms with Gasteiger partial charge in [0.05, 0.1) is 4.92 Å². The molecular weight excluding hydrogens is 252 g/mol. The molecule has 1 aliphatic carbocycles. The van der Waals surface area contributed by atoms with Crippen LogP contribution in [0.15, 0.2) is 12.1 Å². The lowest BCUT2D eigenvalue weighted by molar-refractivity contribution is -0.384. The first-order valence-electron chi connectivity index (χ1n) is 6.20. The van der Waals surface area contributed by atoms with Gasteiger partial charge in [-0.2, -0.15) is 0 Å². The van der Waals surface area contributed by atoms with E-state index in [4.69, 9.17) is 11.6 Å². The Balaban J connectivity index is 2.29. The molecule has 0 atom stereocenters. The first-order chi connectivity index (χ1) is 8.47. The first-order valence-corrected chi connectivity index (χ1v) is 6.58. The predicted molar refractivity (Wildman–Crippen MR) is 73.3 cm³/mol. The number of nitrogens with one attached hydrogen (secondary N) is 1. The lowest BCUT2D eigenvalue weighted by atomic mass is 9.74. The van der Waals surface area contributed by atoms with E-state index >= 15 is 0 Å². The second-order valence-electron chi connectivity index (χ2n) is 4.99. The minimum atomic E-state index is -0.446. The fourth-order valence-electron chi connectivity index (χ4n) is 2.40. The molecule has 0 spiro atoms. The number of aryl methyl sites for hydroxylation is 1. The number of nitro benzene ring substituents is 1. The lowest BCUT2D eigenvalue weighted by Crippen LogP contribution is -2.44. The Bertz CT molecular complexity index is 479. The average Bonchev–Trinajstić information content (AvgIpc) is 2.27. The number of rotatable bonds is 4. The van der Waals surface area contributed by atoms with Gasteiger partial charge in [-0.15, -0.1) is 0 Å². The van der Waals surface area contributed by atoms with Crippen molar-refractivity contribution in [3.8, 4) is 0 Å². The monoisotopic (exact) mass is 268 g/mol. The highest BCUT2D eigenvalue weighted by atomic mass is 35.5. The topological polar surface area (TPSA) is 55.2 Å². The molecule has 0 bridgehead atoms. The van der Waals surface area contributed by atoms with Crippen LogP contribution in [0, 0.1) is 17.0 Å². The molecule has 5 heteroatoms. The van der Waals surface area contributed by atoms with E-state index in [1.54, 1.807) is 6.07 Å². The fourth-order valence-corrected chi connectivity index (χ4v) is 2.63. The second-order valence-corrected chi connectivity index (χ2v) is 5.40. The maximum atomic E-state index is 10.8. The van der Waals surface area contributed by atoms with Gasteiger partial charge in [-0.25, -0.2) is 0 Å². The summed E-state index contributed by atoms with van der Waals surface area (Å²) in [5.74, 6) is 0. The predicted octanol–water partition coefficient (Wildman–Crippen LogP) is 4.30. The van der Waals surface area contributed by atoms with Crippen molar-refractivity contribution in [1.29, 1.82) is 0 Å². The smallest absolute Gasteiger partial charge is 0.288 e. The third kappa shape index (κ3) is 2.29. The van der Waals surface area contributed by atoms with Crippen LogP contribution < -0.4 is 5.32 Å². The molecule has 1 aromatic carbocycles. The van der Waals surface area contributed by atoms with Gasteiger partial charge in [-0.1, -0.05) is 18.5 Å². The molecule has 4 nitrogen and oxygen atoms in total. The summed E-state index contributed by atoms with van der Waals surface area (Å²) in [4.78, 5) is 10.3. The van der Waals surface area contributed by atoms with Crippen LogP contribution in [0.25, 0.3) is 0 Å². The van der Waals surface area contributed by atoms with Crippen molar-refractivity contribution in [3.63, 3.8) is 0 Å². The summed E-state index contributed by atoms with van der Waals surface area (Å²) in [5, 5.41) is 14.5. The summed E-state index contributed by atoms with van der Waals surface area (Å²) < 4.78 is 0. The van der Waals surface area contributed by atoms with Crippen LogP contribution in [0.5, 0.6) is 0 Å². The summed E-state index contributed by atoms with van der Waals surface area (Å²) in [6.45, 7) is 4.03. The van der Waals surface area contributed by atoms with Gasteiger partial charge in [0.25, 0.3) is 5.69 Å². The zero-order valence-corrected chi connectivity index (χ0v) is 11.4. The van der Waals surface area contributed by atoms with Gasteiger partial charge >= 0.3 is 0 Å². The molecule has 0 heterocycles. The second kappa shape index (κ2) is 4.76. The Kier molecular flexibility index (Phi) is 3.48. The molecule has 1 aliphatic rings. The zero-order valence-electron chi connectivity index (χ0n) is 10.6. The standard InChI is InChI=1S/C13H17ClN2O2/c1-3-13(5-4-6-13)15-11-8-10(14)12(16(17)18)7-9(11)2/h7-8,15H,3-6H2,1-2H3. The van der Waals surface area contributed by atoms with Crippen LogP contribution in [-0.2, 0) is 0 Å². The van der Waals surface area contributed by atoms with Crippen molar-refractivity contribution >= 4 is 23.0 Å². The van der Waals surface area contributed by atoms with Crippen molar-refractivity contribution in [2.24, 2.45) is 0 Å². The number of hydrogen-bond donors (Lipinski definition) is 1. The first kappa shape index (κ1) is 13.1. The van der Waals surface area contributed by atoms with Gasteiger partial charge in [0.15, 0.2) is 0 Å². The summed E-state index contributed by atoms with van der Waals surface area (Å²) >= 11 is 5.95. The Hall–Kier alpha value is -1.29. The molecule has 1 N–H and O–H groups in total. The van der Waals surface area contributed by atoms with Crippen molar-refractivity contribution in [2.75, 3.05) is 5.32 Å². The van der Waals surface area contributed by atoms with Gasteiger partial charge in [-0.3, -0.25) is 10.1 Å². The number of anilines is 1. The highest BCUT2D eigenvalue weighted by Gasteiger charge is 2.35. The van der Waals surface area contributed by atoms with Crippen molar-refractivity contribution in [2.45, 2.75) is 45.1 Å². The Morgan fingerprint density at radius 1 is 1.50 bits per heavy atom. The quantitative estimate of drug-likeness (QED) is 0.654. The van der Waals surface area contributed by atoms with E-state index < -0.39 is 4.92 Å². The van der Waals surface area contributed by atoms with Crippen LogP contribution in [-0.4, -0.2) is 10.5 Å². The minimum absolute atomic E-state index is 0.0288. The highest BCUT2D eigenvalue weighted by Crippen LogP contribution is 2.40. The maximum absolute atomic E-state index is 10.8. The van der Waals surface area contributed by atoms with Crippen LogP contribution >= 0.6 is 11.6 Å². The van der Waals surface area contributed by atoms with Gasteiger partial charge in [0, 0.05) is 17.3 Å². The van der Waals surface area contributed by atoms with Crippen LogP contribution in [0.2, 0.25) is 5.02 Å². The molecule has 2 rings (SSSR count). The van der Waals surface area contributed by atoms with E-state index in [-0.39, 0.29) is 16.2 Å². The van der Waals surface area contributed by atoms with Crippen LogP contribution in [0.1, 0.15) is 38.2 Å². The van der Waals surface area contributed by atoms with E-state index in [2.05, 4.69) is 12.2 Å². The average molecular weight is 269 g/mol. The summed E-state index contributed by atoms with van der Waals surface area (Å²) in [6.07, 6.45) is 4.59. The molecule has 0 aliphatic heterocycles. The number of hydrogen-bond acceptors (Lipinski definition) is 3. The summed E-state index contributed by atoms with van der Waals surface area (Å²) in [7, 11) is 0. The van der Waals surface area contributed by atoms with E-state index in [0.29, 0.717) is 0 Å². The minimum Gasteiger partial charge on any atom is -0.379 e. The molecule has 0 amide bonds. The van der Waals surface area contributed by atoms with E-state index in [1.807, 2.05) is 6.92 Å². The van der Waals surface area contributed by atoms with E-state index in [0.717, 1.165) is 30.5 Å². The molecule has 0 saturated heterocycles. The molecule has 0 radical (unpaired) electrons. The normalized spacial score (nSPS) is 17.1. The molecule has 1 saturated carbocycles. The Labute approximate surface area is 111 Å². The third-order valence-electron chi connectivity index (χ3n) is 3.88. The molecule has 0 aromatic heterocycles. The lowest BCUT2D eigenvalue weighted by Gasteiger charge is -2.43. The van der Waals surface area contributed by atoms with Crippen LogP contribution in [0.3, 0.4) is 0 Å². The molecular formula is C13H17ClN2O2. The van der Waals surface area contributed by atoms with E-state index in [1.165, 1.54) is 12.5 Å².